The van der Waals surface area contributed by atoms with Crippen LogP contribution in [0.1, 0.15) is 44.9 Å². The van der Waals surface area contributed by atoms with E-state index in [4.69, 9.17) is 0 Å². The summed E-state index contributed by atoms with van der Waals surface area (Å²) >= 11 is 0. The van der Waals surface area contributed by atoms with E-state index in [0.717, 1.165) is 44.9 Å². The van der Waals surface area contributed by atoms with Crippen molar-refractivity contribution < 1.29 is 13.5 Å². The molecule has 0 bridgehead atoms. The molecule has 0 radical (unpaired) electrons. The predicted octanol–water partition coefficient (Wildman–Crippen LogP) is 0.859. The predicted molar refractivity (Wildman–Crippen MR) is 70.3 cm³/mol. The van der Waals surface area contributed by atoms with E-state index in [2.05, 4.69) is 4.72 Å². The lowest BCUT2D eigenvalue weighted by Gasteiger charge is -2.30. The third-order valence-corrected chi connectivity index (χ3v) is 5.84. The maximum atomic E-state index is 12.1. The van der Waals surface area contributed by atoms with Gasteiger partial charge in [-0.2, -0.15) is 12.7 Å². The normalized spacial score (nSPS) is 25.4. The Morgan fingerprint density at radius 2 is 1.67 bits per heavy atom. The highest BCUT2D eigenvalue weighted by atomic mass is 32.2. The lowest BCUT2D eigenvalue weighted by atomic mass is 9.88. The quantitative estimate of drug-likeness (QED) is 0.782. The summed E-state index contributed by atoms with van der Waals surface area (Å²) in [5.74, 6) is 0. The van der Waals surface area contributed by atoms with Crippen LogP contribution in [0.5, 0.6) is 0 Å². The second-order valence-corrected chi connectivity index (χ2v) is 7.41. The maximum Gasteiger partial charge on any atom is 0.279 e. The van der Waals surface area contributed by atoms with Crippen molar-refractivity contribution in [3.05, 3.63) is 0 Å². The topological polar surface area (TPSA) is 69.6 Å². The lowest BCUT2D eigenvalue weighted by Crippen LogP contribution is -2.47. The molecule has 0 aromatic rings. The van der Waals surface area contributed by atoms with Gasteiger partial charge < -0.3 is 5.11 Å². The monoisotopic (exact) mass is 276 g/mol. The third-order valence-electron chi connectivity index (χ3n) is 4.28. The van der Waals surface area contributed by atoms with Crippen molar-refractivity contribution in [3.8, 4) is 0 Å². The van der Waals surface area contributed by atoms with Gasteiger partial charge in [-0.25, -0.2) is 4.72 Å². The van der Waals surface area contributed by atoms with E-state index in [-0.39, 0.29) is 12.0 Å². The molecular formula is C12H24N2O3S. The van der Waals surface area contributed by atoms with Crippen LogP contribution in [-0.4, -0.2) is 44.1 Å². The van der Waals surface area contributed by atoms with Gasteiger partial charge in [0.2, 0.25) is 0 Å². The first-order valence-electron chi connectivity index (χ1n) is 6.94. The van der Waals surface area contributed by atoms with E-state index in [1.165, 1.54) is 4.31 Å². The van der Waals surface area contributed by atoms with Crippen molar-refractivity contribution in [3.63, 3.8) is 0 Å². The molecule has 5 nitrogen and oxygen atoms in total. The van der Waals surface area contributed by atoms with Gasteiger partial charge in [0.15, 0.2) is 0 Å². The number of hydrogen-bond donors (Lipinski definition) is 2. The van der Waals surface area contributed by atoms with E-state index in [1.807, 2.05) is 0 Å². The first-order valence-corrected chi connectivity index (χ1v) is 8.38. The zero-order valence-electron chi connectivity index (χ0n) is 10.9. The molecule has 0 amide bonds. The summed E-state index contributed by atoms with van der Waals surface area (Å²) in [5.41, 5.74) is -0.219. The Kier molecular flexibility index (Phi) is 4.64. The summed E-state index contributed by atoms with van der Waals surface area (Å²) < 4.78 is 28.5. The Balaban J connectivity index is 1.91. The molecule has 2 fully saturated rings. The van der Waals surface area contributed by atoms with E-state index in [0.29, 0.717) is 19.6 Å². The average molecular weight is 276 g/mol. The second kappa shape index (κ2) is 5.86. The van der Waals surface area contributed by atoms with E-state index in [9.17, 15) is 13.5 Å². The van der Waals surface area contributed by atoms with Crippen LogP contribution < -0.4 is 4.72 Å². The van der Waals surface area contributed by atoms with Gasteiger partial charge in [-0.05, 0) is 25.7 Å². The molecule has 2 rings (SSSR count). The van der Waals surface area contributed by atoms with Gasteiger partial charge in [-0.3, -0.25) is 0 Å². The Morgan fingerprint density at radius 1 is 1.06 bits per heavy atom. The second-order valence-electron chi connectivity index (χ2n) is 5.65. The summed E-state index contributed by atoms with van der Waals surface area (Å²) in [5, 5.41) is 9.48. The van der Waals surface area contributed by atoms with Crippen LogP contribution in [0.15, 0.2) is 0 Å². The van der Waals surface area contributed by atoms with Crippen molar-refractivity contribution in [1.29, 1.82) is 0 Å². The van der Waals surface area contributed by atoms with Gasteiger partial charge >= 0.3 is 0 Å². The fourth-order valence-corrected chi connectivity index (χ4v) is 4.37. The minimum Gasteiger partial charge on any atom is -0.396 e. The molecule has 2 N–H and O–H groups in total. The molecule has 0 unspecified atom stereocenters. The molecule has 1 aliphatic carbocycles. The van der Waals surface area contributed by atoms with Gasteiger partial charge in [0.25, 0.3) is 10.2 Å². The summed E-state index contributed by atoms with van der Waals surface area (Å²) in [4.78, 5) is 0. The molecule has 1 saturated heterocycles. The smallest absolute Gasteiger partial charge is 0.279 e. The number of aliphatic hydroxyl groups is 1. The average Bonchev–Trinajstić information content (AvgIpc) is 2.87. The highest BCUT2D eigenvalue weighted by Gasteiger charge is 2.35. The molecule has 1 saturated carbocycles. The van der Waals surface area contributed by atoms with Crippen LogP contribution in [0.4, 0.5) is 0 Å². The molecule has 0 spiro atoms. The maximum absolute atomic E-state index is 12.1. The minimum atomic E-state index is -3.35. The lowest BCUT2D eigenvalue weighted by molar-refractivity contribution is 0.133. The summed E-state index contributed by atoms with van der Waals surface area (Å²) in [7, 11) is -3.35. The molecule has 0 aromatic heterocycles. The number of hydrogen-bond acceptors (Lipinski definition) is 3. The van der Waals surface area contributed by atoms with Gasteiger partial charge in [-0.1, -0.05) is 19.3 Å². The number of nitrogens with one attached hydrogen (secondary N) is 1. The molecule has 0 atom stereocenters. The Labute approximate surface area is 110 Å². The molecule has 18 heavy (non-hydrogen) atoms. The van der Waals surface area contributed by atoms with Gasteiger partial charge in [0.05, 0.1) is 0 Å². The zero-order chi connectivity index (χ0) is 13.1. The van der Waals surface area contributed by atoms with Gasteiger partial charge in [-0.15, -0.1) is 0 Å². The van der Waals surface area contributed by atoms with Crippen molar-refractivity contribution in [2.45, 2.75) is 44.9 Å². The summed E-state index contributed by atoms with van der Waals surface area (Å²) in [6.07, 6.45) is 7.04. The summed E-state index contributed by atoms with van der Waals surface area (Å²) in [6.45, 7) is 1.71. The van der Waals surface area contributed by atoms with Crippen LogP contribution in [0.3, 0.4) is 0 Å². The van der Waals surface area contributed by atoms with Crippen molar-refractivity contribution in [2.75, 3.05) is 26.2 Å². The Morgan fingerprint density at radius 3 is 2.22 bits per heavy atom. The van der Waals surface area contributed by atoms with E-state index in [1.54, 1.807) is 0 Å². The SMILES string of the molecule is O=S(=O)(NCC1(CO)CCCC1)N1CCCCC1. The molecule has 1 heterocycles. The van der Waals surface area contributed by atoms with Crippen molar-refractivity contribution in [2.24, 2.45) is 5.41 Å². The summed E-state index contributed by atoms with van der Waals surface area (Å²) in [6, 6.07) is 0. The molecule has 6 heteroatoms. The van der Waals surface area contributed by atoms with Crippen molar-refractivity contribution >= 4 is 10.2 Å². The van der Waals surface area contributed by atoms with Gasteiger partial charge in [0, 0.05) is 31.7 Å². The first kappa shape index (κ1) is 14.2. The van der Waals surface area contributed by atoms with Crippen LogP contribution >= 0.6 is 0 Å². The number of aliphatic hydroxyl groups excluding tert-OH is 1. The van der Waals surface area contributed by atoms with E-state index >= 15 is 0 Å². The van der Waals surface area contributed by atoms with Crippen LogP contribution in [0, 0.1) is 5.41 Å². The van der Waals surface area contributed by atoms with E-state index < -0.39 is 10.2 Å². The highest BCUT2D eigenvalue weighted by molar-refractivity contribution is 7.87. The number of rotatable bonds is 5. The number of piperidine rings is 1. The van der Waals surface area contributed by atoms with Crippen molar-refractivity contribution in [1.82, 2.24) is 9.03 Å². The molecule has 2 aliphatic rings. The molecular weight excluding hydrogens is 252 g/mol. The largest absolute Gasteiger partial charge is 0.396 e. The molecule has 0 aromatic carbocycles. The Bertz CT molecular complexity index is 358. The Hall–Kier alpha value is -0.170. The van der Waals surface area contributed by atoms with Crippen LogP contribution in [-0.2, 0) is 10.2 Å². The fraction of sp³-hybridized carbons (Fsp3) is 1.00. The van der Waals surface area contributed by atoms with Crippen LogP contribution in [0.25, 0.3) is 0 Å². The molecule has 1 aliphatic heterocycles. The molecule has 106 valence electrons. The van der Waals surface area contributed by atoms with Crippen LogP contribution in [0.2, 0.25) is 0 Å². The third kappa shape index (κ3) is 3.23. The fourth-order valence-electron chi connectivity index (χ4n) is 2.96. The standard InChI is InChI=1S/C12H24N2O3S/c15-11-12(6-2-3-7-12)10-13-18(16,17)14-8-4-1-5-9-14/h13,15H,1-11H2. The zero-order valence-corrected chi connectivity index (χ0v) is 11.7. The number of nitrogens with zero attached hydrogens (tertiary/aromatic N) is 1. The minimum absolute atomic E-state index is 0.0789. The van der Waals surface area contributed by atoms with Gasteiger partial charge in [0.1, 0.15) is 0 Å². The highest BCUT2D eigenvalue weighted by Crippen LogP contribution is 2.37. The first-order chi connectivity index (χ1) is 8.58.